The summed E-state index contributed by atoms with van der Waals surface area (Å²) in [6.07, 6.45) is 2.85. The molecule has 0 aromatic carbocycles. The minimum absolute atomic E-state index is 0.138. The molecule has 0 spiro atoms. The van der Waals surface area contributed by atoms with Crippen molar-refractivity contribution >= 4 is 26.5 Å². The summed E-state index contributed by atoms with van der Waals surface area (Å²) in [5, 5.41) is 7.38. The standard InChI is InChI=1S/C11H17N5O2S2/c1-8-9(2)19-11(14-8)15-20(17,18)10-6-13-16(7-10)5-4-12-3/h6-7,12H,4-5H2,1-3H3,(H,14,15). The maximum absolute atomic E-state index is 12.2. The lowest BCUT2D eigenvalue weighted by Gasteiger charge is -2.02. The van der Waals surface area contributed by atoms with Gasteiger partial charge < -0.3 is 5.32 Å². The molecule has 0 fully saturated rings. The zero-order valence-corrected chi connectivity index (χ0v) is 13.2. The third-order valence-corrected chi connectivity index (χ3v) is 5.17. The molecule has 0 bridgehead atoms. The summed E-state index contributed by atoms with van der Waals surface area (Å²) in [4.78, 5) is 5.30. The number of likely N-dealkylation sites (N-methyl/N-ethyl adjacent to an activating group) is 1. The summed E-state index contributed by atoms with van der Waals surface area (Å²) >= 11 is 1.32. The molecule has 110 valence electrons. The predicted molar refractivity (Wildman–Crippen MR) is 78.6 cm³/mol. The Labute approximate surface area is 122 Å². The van der Waals surface area contributed by atoms with Gasteiger partial charge in [0.25, 0.3) is 10.0 Å². The highest BCUT2D eigenvalue weighted by atomic mass is 32.2. The van der Waals surface area contributed by atoms with Gasteiger partial charge in [0.05, 0.1) is 18.4 Å². The molecule has 20 heavy (non-hydrogen) atoms. The zero-order chi connectivity index (χ0) is 14.8. The Hall–Kier alpha value is -1.45. The Morgan fingerprint density at radius 2 is 2.15 bits per heavy atom. The number of rotatable bonds is 6. The van der Waals surface area contributed by atoms with Gasteiger partial charge in [-0.2, -0.15) is 5.10 Å². The van der Waals surface area contributed by atoms with Crippen molar-refractivity contribution in [3.8, 4) is 0 Å². The van der Waals surface area contributed by atoms with Crippen molar-refractivity contribution in [2.24, 2.45) is 0 Å². The summed E-state index contributed by atoms with van der Waals surface area (Å²) in [5.41, 5.74) is 0.831. The number of sulfonamides is 1. The molecule has 9 heteroatoms. The monoisotopic (exact) mass is 315 g/mol. The van der Waals surface area contributed by atoms with Crippen LogP contribution in [0, 0.1) is 13.8 Å². The molecule has 0 amide bonds. The number of hydrogen-bond donors (Lipinski definition) is 2. The molecule has 0 aliphatic heterocycles. The van der Waals surface area contributed by atoms with E-state index in [0.717, 1.165) is 17.1 Å². The van der Waals surface area contributed by atoms with Gasteiger partial charge in [0.15, 0.2) is 5.13 Å². The Morgan fingerprint density at radius 3 is 2.75 bits per heavy atom. The number of nitrogens with zero attached hydrogens (tertiary/aromatic N) is 3. The van der Waals surface area contributed by atoms with Crippen LogP contribution in [-0.2, 0) is 16.6 Å². The van der Waals surface area contributed by atoms with Crippen LogP contribution in [0.25, 0.3) is 0 Å². The highest BCUT2D eigenvalue weighted by Crippen LogP contribution is 2.23. The third-order valence-electron chi connectivity index (χ3n) is 2.76. The third kappa shape index (κ3) is 3.35. The summed E-state index contributed by atoms with van der Waals surface area (Å²) in [6, 6.07) is 0. The normalized spacial score (nSPS) is 11.8. The van der Waals surface area contributed by atoms with Crippen LogP contribution in [0.5, 0.6) is 0 Å². The van der Waals surface area contributed by atoms with E-state index < -0.39 is 10.0 Å². The van der Waals surface area contributed by atoms with Gasteiger partial charge in [-0.1, -0.05) is 0 Å². The highest BCUT2D eigenvalue weighted by Gasteiger charge is 2.18. The average molecular weight is 315 g/mol. The fraction of sp³-hybridized carbons (Fsp3) is 0.455. The van der Waals surface area contributed by atoms with Crippen molar-refractivity contribution in [3.05, 3.63) is 23.0 Å². The SMILES string of the molecule is CNCCn1cc(S(=O)(=O)Nc2nc(C)c(C)s2)cn1. The van der Waals surface area contributed by atoms with Crippen LogP contribution in [0.4, 0.5) is 5.13 Å². The maximum Gasteiger partial charge on any atom is 0.266 e. The molecule has 2 aromatic rings. The van der Waals surface area contributed by atoms with Crippen LogP contribution in [0.3, 0.4) is 0 Å². The fourth-order valence-corrected chi connectivity index (χ4v) is 3.52. The Bertz CT molecular complexity index is 670. The van der Waals surface area contributed by atoms with E-state index in [0.29, 0.717) is 11.7 Å². The molecular weight excluding hydrogens is 298 g/mol. The second-order valence-corrected chi connectivity index (χ2v) is 7.19. The van der Waals surface area contributed by atoms with Gasteiger partial charge in [-0.3, -0.25) is 9.40 Å². The first-order valence-corrected chi connectivity index (χ1v) is 8.36. The van der Waals surface area contributed by atoms with E-state index in [-0.39, 0.29) is 4.90 Å². The number of nitrogens with one attached hydrogen (secondary N) is 2. The second-order valence-electron chi connectivity index (χ2n) is 4.31. The van der Waals surface area contributed by atoms with Crippen molar-refractivity contribution in [2.45, 2.75) is 25.3 Å². The molecule has 2 aromatic heterocycles. The molecule has 2 N–H and O–H groups in total. The second kappa shape index (κ2) is 5.90. The van der Waals surface area contributed by atoms with Crippen molar-refractivity contribution in [2.75, 3.05) is 18.3 Å². The van der Waals surface area contributed by atoms with Gasteiger partial charge in [-0.15, -0.1) is 11.3 Å². The molecule has 0 unspecified atom stereocenters. The summed E-state index contributed by atoms with van der Waals surface area (Å²) in [6.45, 7) is 5.08. The molecule has 7 nitrogen and oxygen atoms in total. The van der Waals surface area contributed by atoms with Crippen LogP contribution in [0.1, 0.15) is 10.6 Å². The van der Waals surface area contributed by atoms with Crippen molar-refractivity contribution in [1.29, 1.82) is 0 Å². The topological polar surface area (TPSA) is 88.9 Å². The van der Waals surface area contributed by atoms with Gasteiger partial charge in [-0.05, 0) is 20.9 Å². The molecule has 0 aliphatic rings. The van der Waals surface area contributed by atoms with Crippen molar-refractivity contribution in [1.82, 2.24) is 20.1 Å². The van der Waals surface area contributed by atoms with E-state index in [2.05, 4.69) is 20.1 Å². The summed E-state index contributed by atoms with van der Waals surface area (Å²) < 4.78 is 28.5. The Morgan fingerprint density at radius 1 is 1.40 bits per heavy atom. The Kier molecular flexibility index (Phi) is 4.41. The lowest BCUT2D eigenvalue weighted by molar-refractivity contribution is 0.582. The van der Waals surface area contributed by atoms with Crippen LogP contribution in [-0.4, -0.2) is 36.8 Å². The molecular formula is C11H17N5O2S2. The van der Waals surface area contributed by atoms with Gasteiger partial charge in [0.2, 0.25) is 0 Å². The molecule has 0 atom stereocenters. The zero-order valence-electron chi connectivity index (χ0n) is 11.5. The van der Waals surface area contributed by atoms with Crippen LogP contribution in [0.15, 0.2) is 17.3 Å². The van der Waals surface area contributed by atoms with Crippen molar-refractivity contribution in [3.63, 3.8) is 0 Å². The van der Waals surface area contributed by atoms with Gasteiger partial charge in [-0.25, -0.2) is 13.4 Å². The smallest absolute Gasteiger partial charge is 0.266 e. The van der Waals surface area contributed by atoms with E-state index in [1.807, 2.05) is 20.9 Å². The average Bonchev–Trinajstić information content (AvgIpc) is 2.95. The van der Waals surface area contributed by atoms with E-state index in [4.69, 9.17) is 0 Å². The van der Waals surface area contributed by atoms with Gasteiger partial charge >= 0.3 is 0 Å². The number of thiazole rings is 1. The minimum Gasteiger partial charge on any atom is -0.318 e. The summed E-state index contributed by atoms with van der Waals surface area (Å²) in [7, 11) is -1.80. The largest absolute Gasteiger partial charge is 0.318 e. The number of aryl methyl sites for hydroxylation is 2. The molecule has 2 rings (SSSR count). The first-order chi connectivity index (χ1) is 9.42. The van der Waals surface area contributed by atoms with E-state index in [1.54, 1.807) is 4.68 Å². The molecule has 0 saturated carbocycles. The quantitative estimate of drug-likeness (QED) is 0.829. The first-order valence-electron chi connectivity index (χ1n) is 6.06. The van der Waals surface area contributed by atoms with Crippen LogP contribution in [0.2, 0.25) is 0 Å². The van der Waals surface area contributed by atoms with Gasteiger partial charge in [0, 0.05) is 17.6 Å². The van der Waals surface area contributed by atoms with E-state index >= 15 is 0 Å². The van der Waals surface area contributed by atoms with Crippen LogP contribution >= 0.6 is 11.3 Å². The number of hydrogen-bond acceptors (Lipinski definition) is 6. The fourth-order valence-electron chi connectivity index (χ4n) is 1.52. The molecule has 2 heterocycles. The predicted octanol–water partition coefficient (Wildman–Crippen LogP) is 0.977. The molecule has 0 aliphatic carbocycles. The van der Waals surface area contributed by atoms with Crippen molar-refractivity contribution < 1.29 is 8.42 Å². The maximum atomic E-state index is 12.2. The molecule has 0 radical (unpaired) electrons. The lowest BCUT2D eigenvalue weighted by Crippen LogP contribution is -2.15. The Balaban J connectivity index is 2.15. The van der Waals surface area contributed by atoms with E-state index in [1.165, 1.54) is 23.7 Å². The summed E-state index contributed by atoms with van der Waals surface area (Å²) in [5.74, 6) is 0. The lowest BCUT2D eigenvalue weighted by atomic mass is 10.4. The minimum atomic E-state index is -3.63. The van der Waals surface area contributed by atoms with E-state index in [9.17, 15) is 8.42 Å². The first kappa shape index (κ1) is 14.9. The number of anilines is 1. The highest BCUT2D eigenvalue weighted by molar-refractivity contribution is 7.93. The van der Waals surface area contributed by atoms with Crippen LogP contribution < -0.4 is 10.0 Å². The van der Waals surface area contributed by atoms with Gasteiger partial charge in [0.1, 0.15) is 4.90 Å². The number of aromatic nitrogens is 3. The molecule has 0 saturated heterocycles.